The summed E-state index contributed by atoms with van der Waals surface area (Å²) in [4.78, 5) is 5.01. The molecular weight excluding hydrogens is 549 g/mol. The third kappa shape index (κ3) is 3.59. The Morgan fingerprint density at radius 3 is 2.76 bits per heavy atom. The van der Waals surface area contributed by atoms with Gasteiger partial charge in [-0.15, -0.1) is 11.3 Å². The van der Waals surface area contributed by atoms with Gasteiger partial charge in [0.15, 0.2) is 0 Å². The SMILES string of the molecule is C1=CCC2CC(c3c(-c4ccco4)cc4snc(-c5nc6ccccc6s5)c4c3-c3occ4ccccc34)OC2=C1. The summed E-state index contributed by atoms with van der Waals surface area (Å²) < 4.78 is 26.5. The van der Waals surface area contributed by atoms with E-state index in [4.69, 9.17) is 22.9 Å². The van der Waals surface area contributed by atoms with Crippen LogP contribution in [0.15, 0.2) is 112 Å². The molecule has 41 heavy (non-hydrogen) atoms. The lowest BCUT2D eigenvalue weighted by atomic mass is 9.86. The zero-order chi connectivity index (χ0) is 26.9. The molecule has 3 aromatic carbocycles. The summed E-state index contributed by atoms with van der Waals surface area (Å²) in [6.45, 7) is 0. The van der Waals surface area contributed by atoms with Crippen molar-refractivity contribution < 1.29 is 13.6 Å². The highest BCUT2D eigenvalue weighted by Crippen LogP contribution is 2.53. The van der Waals surface area contributed by atoms with E-state index in [1.54, 1.807) is 17.6 Å². The van der Waals surface area contributed by atoms with Crippen molar-refractivity contribution in [2.45, 2.75) is 18.9 Å². The summed E-state index contributed by atoms with van der Waals surface area (Å²) in [5.74, 6) is 3.03. The minimum Gasteiger partial charge on any atom is -0.490 e. The zero-order valence-corrected chi connectivity index (χ0v) is 23.4. The van der Waals surface area contributed by atoms with E-state index in [1.807, 2.05) is 30.5 Å². The second-order valence-corrected chi connectivity index (χ2v) is 12.3. The molecule has 1 aliphatic heterocycles. The van der Waals surface area contributed by atoms with Crippen LogP contribution in [0.3, 0.4) is 0 Å². The molecule has 9 rings (SSSR count). The number of aromatic nitrogens is 2. The van der Waals surface area contributed by atoms with Crippen LogP contribution in [0.5, 0.6) is 0 Å². The van der Waals surface area contributed by atoms with E-state index >= 15 is 0 Å². The van der Waals surface area contributed by atoms with E-state index in [1.165, 1.54) is 11.5 Å². The van der Waals surface area contributed by atoms with Crippen LogP contribution in [0, 0.1) is 5.92 Å². The molecule has 7 heteroatoms. The van der Waals surface area contributed by atoms with E-state index in [0.717, 1.165) is 88.6 Å². The van der Waals surface area contributed by atoms with Crippen LogP contribution >= 0.6 is 22.9 Å². The number of ether oxygens (including phenoxy) is 1. The molecule has 5 heterocycles. The topological polar surface area (TPSA) is 61.3 Å². The van der Waals surface area contributed by atoms with Gasteiger partial charge in [0, 0.05) is 38.8 Å². The summed E-state index contributed by atoms with van der Waals surface area (Å²) >= 11 is 3.16. The van der Waals surface area contributed by atoms with E-state index in [2.05, 4.69) is 60.7 Å². The van der Waals surface area contributed by atoms with Crippen molar-refractivity contribution in [1.29, 1.82) is 0 Å². The largest absolute Gasteiger partial charge is 0.490 e. The number of furan rings is 2. The minimum atomic E-state index is -0.169. The molecule has 4 aromatic heterocycles. The highest BCUT2D eigenvalue weighted by Gasteiger charge is 2.38. The van der Waals surface area contributed by atoms with Gasteiger partial charge < -0.3 is 13.6 Å². The van der Waals surface area contributed by atoms with Gasteiger partial charge in [0.25, 0.3) is 0 Å². The Hall–Kier alpha value is -4.46. The predicted octanol–water partition coefficient (Wildman–Crippen LogP) is 10.2. The van der Waals surface area contributed by atoms with Crippen molar-refractivity contribution in [3.63, 3.8) is 0 Å². The van der Waals surface area contributed by atoms with Crippen LogP contribution in [0.25, 0.3) is 64.4 Å². The highest BCUT2D eigenvalue weighted by atomic mass is 32.1. The molecule has 0 bridgehead atoms. The minimum absolute atomic E-state index is 0.169. The Bertz CT molecular complexity index is 2130. The number of fused-ring (bicyclic) bond motifs is 4. The van der Waals surface area contributed by atoms with Crippen LogP contribution in [0.1, 0.15) is 24.5 Å². The van der Waals surface area contributed by atoms with Crippen LogP contribution in [0.4, 0.5) is 0 Å². The number of hydrogen-bond acceptors (Lipinski definition) is 7. The first-order valence-electron chi connectivity index (χ1n) is 13.7. The second kappa shape index (κ2) is 9.03. The molecule has 1 fully saturated rings. The molecule has 0 spiro atoms. The van der Waals surface area contributed by atoms with Crippen molar-refractivity contribution in [2.24, 2.45) is 5.92 Å². The van der Waals surface area contributed by atoms with Gasteiger partial charge in [-0.2, -0.15) is 4.37 Å². The third-order valence-electron chi connectivity index (χ3n) is 8.14. The molecule has 5 nitrogen and oxygen atoms in total. The van der Waals surface area contributed by atoms with Crippen LogP contribution in [-0.4, -0.2) is 9.36 Å². The fraction of sp³-hybridized carbons (Fsp3) is 0.118. The van der Waals surface area contributed by atoms with Gasteiger partial charge in [-0.1, -0.05) is 48.6 Å². The number of benzene rings is 3. The van der Waals surface area contributed by atoms with Gasteiger partial charge in [-0.3, -0.25) is 0 Å². The Morgan fingerprint density at radius 1 is 0.927 bits per heavy atom. The number of thiazole rings is 1. The third-order valence-corrected chi connectivity index (χ3v) is 9.98. The summed E-state index contributed by atoms with van der Waals surface area (Å²) in [6.07, 6.45) is 11.7. The Kier molecular flexibility index (Phi) is 5.12. The van der Waals surface area contributed by atoms with Crippen molar-refractivity contribution in [3.8, 4) is 33.3 Å². The first kappa shape index (κ1) is 23.3. The summed E-state index contributed by atoms with van der Waals surface area (Å²) in [5.41, 5.74) is 4.95. The van der Waals surface area contributed by atoms with Crippen molar-refractivity contribution in [2.75, 3.05) is 0 Å². The Morgan fingerprint density at radius 2 is 1.85 bits per heavy atom. The molecule has 0 radical (unpaired) electrons. The van der Waals surface area contributed by atoms with E-state index in [-0.39, 0.29) is 6.10 Å². The molecule has 1 aliphatic carbocycles. The van der Waals surface area contributed by atoms with Gasteiger partial charge in [-0.25, -0.2) is 4.98 Å². The number of allylic oxidation sites excluding steroid dienone is 4. The van der Waals surface area contributed by atoms with Crippen molar-refractivity contribution in [1.82, 2.24) is 9.36 Å². The molecule has 0 N–H and O–H groups in total. The monoisotopic (exact) mass is 570 g/mol. The molecule has 2 aliphatic rings. The quantitative estimate of drug-likeness (QED) is 0.211. The second-order valence-electron chi connectivity index (χ2n) is 10.5. The highest BCUT2D eigenvalue weighted by molar-refractivity contribution is 7.22. The molecule has 0 saturated carbocycles. The molecule has 2 unspecified atom stereocenters. The molecule has 1 saturated heterocycles. The maximum Gasteiger partial charge on any atom is 0.144 e. The fourth-order valence-corrected chi connectivity index (χ4v) is 8.13. The van der Waals surface area contributed by atoms with Gasteiger partial charge in [0.1, 0.15) is 34.1 Å². The van der Waals surface area contributed by atoms with Crippen LogP contribution in [-0.2, 0) is 4.74 Å². The summed E-state index contributed by atoms with van der Waals surface area (Å²) in [6, 6.07) is 22.7. The van der Waals surface area contributed by atoms with Crippen molar-refractivity contribution >= 4 is 53.9 Å². The number of nitrogens with zero attached hydrogens (tertiary/aromatic N) is 2. The average molecular weight is 571 g/mol. The first-order valence-corrected chi connectivity index (χ1v) is 15.3. The summed E-state index contributed by atoms with van der Waals surface area (Å²) in [7, 11) is 0. The first-order chi connectivity index (χ1) is 20.3. The van der Waals surface area contributed by atoms with E-state index < -0.39 is 0 Å². The molecular formula is C34H22N2O3S2. The molecule has 0 amide bonds. The molecule has 198 valence electrons. The maximum absolute atomic E-state index is 6.76. The van der Waals surface area contributed by atoms with Gasteiger partial charge >= 0.3 is 0 Å². The van der Waals surface area contributed by atoms with Crippen LogP contribution in [0.2, 0.25) is 0 Å². The number of para-hydroxylation sites is 1. The zero-order valence-electron chi connectivity index (χ0n) is 21.7. The predicted molar refractivity (Wildman–Crippen MR) is 165 cm³/mol. The lowest BCUT2D eigenvalue weighted by molar-refractivity contribution is 0.163. The molecule has 2 atom stereocenters. The van der Waals surface area contributed by atoms with Crippen molar-refractivity contribution in [3.05, 3.63) is 109 Å². The normalized spacial score (nSPS) is 18.3. The Labute approximate surface area is 243 Å². The lowest BCUT2D eigenvalue weighted by Gasteiger charge is -2.20. The fourth-order valence-electron chi connectivity index (χ4n) is 6.29. The maximum atomic E-state index is 6.76. The average Bonchev–Trinajstić information content (AvgIpc) is 3.84. The smallest absolute Gasteiger partial charge is 0.144 e. The number of rotatable bonds is 4. The Balaban J connectivity index is 1.40. The van der Waals surface area contributed by atoms with Gasteiger partial charge in [0.05, 0.1) is 27.4 Å². The van der Waals surface area contributed by atoms with Crippen LogP contribution < -0.4 is 0 Å². The van der Waals surface area contributed by atoms with Gasteiger partial charge in [-0.05, 0) is 60.8 Å². The number of hydrogen-bond donors (Lipinski definition) is 0. The van der Waals surface area contributed by atoms with E-state index in [9.17, 15) is 0 Å². The van der Waals surface area contributed by atoms with E-state index in [0.29, 0.717) is 5.92 Å². The standard InChI is InChI=1S/C34H22N2O3S2/c1-3-10-21-20(9-1)18-38-33(21)31-29(26-16-19-8-2-5-12-24(19)39-26)22(25-13-7-15-37-25)17-28-30(31)32(36-41-28)34-35-23-11-4-6-14-27(23)40-34/h1-7,9-15,17-19,26H,8,16H2. The lowest BCUT2D eigenvalue weighted by Crippen LogP contribution is -2.03. The molecule has 7 aromatic rings. The van der Waals surface area contributed by atoms with Gasteiger partial charge in [0.2, 0.25) is 0 Å². The summed E-state index contributed by atoms with van der Waals surface area (Å²) in [5, 5.41) is 4.07.